The van der Waals surface area contributed by atoms with Crippen molar-refractivity contribution < 1.29 is 0 Å². The Labute approximate surface area is 79.2 Å². The molecule has 0 unspecified atom stereocenters. The van der Waals surface area contributed by atoms with E-state index in [1.807, 2.05) is 6.07 Å². The van der Waals surface area contributed by atoms with Crippen LogP contribution in [0.25, 0.3) is 0 Å². The number of rotatable bonds is 3. The van der Waals surface area contributed by atoms with Crippen molar-refractivity contribution in [3.05, 3.63) is 29.3 Å². The van der Waals surface area contributed by atoms with E-state index in [2.05, 4.69) is 37.4 Å². The Morgan fingerprint density at radius 2 is 1.92 bits per heavy atom. The van der Waals surface area contributed by atoms with Crippen LogP contribution in [0.3, 0.4) is 0 Å². The van der Waals surface area contributed by atoms with E-state index >= 15 is 0 Å². The molecule has 0 bridgehead atoms. The Kier molecular flexibility index (Phi) is 3.33. The third-order valence-electron chi connectivity index (χ3n) is 2.02. The van der Waals surface area contributed by atoms with Crippen LogP contribution in [0.1, 0.15) is 17.5 Å². The Morgan fingerprint density at radius 1 is 1.31 bits per heavy atom. The summed E-state index contributed by atoms with van der Waals surface area (Å²) in [5.41, 5.74) is 3.63. The van der Waals surface area contributed by atoms with E-state index in [9.17, 15) is 0 Å². The smallest absolute Gasteiger partial charge is 0.0640 e. The van der Waals surface area contributed by atoms with E-state index in [1.54, 1.807) is 0 Å². The summed E-state index contributed by atoms with van der Waals surface area (Å²) in [4.78, 5) is 0. The van der Waals surface area contributed by atoms with E-state index in [0.29, 0.717) is 6.42 Å². The van der Waals surface area contributed by atoms with Crippen molar-refractivity contribution in [1.29, 1.82) is 5.26 Å². The molecule has 0 aliphatic rings. The van der Waals surface area contributed by atoms with Crippen molar-refractivity contribution in [3.63, 3.8) is 0 Å². The number of benzene rings is 1. The van der Waals surface area contributed by atoms with Gasteiger partial charge in [0.2, 0.25) is 0 Å². The lowest BCUT2D eigenvalue weighted by atomic mass is 10.1. The third-order valence-corrected chi connectivity index (χ3v) is 2.02. The molecule has 0 saturated heterocycles. The molecule has 1 rings (SSSR count). The number of aryl methyl sites for hydroxylation is 2. The molecule has 0 fully saturated rings. The molecule has 2 heteroatoms. The molecule has 0 amide bonds. The highest BCUT2D eigenvalue weighted by Crippen LogP contribution is 2.18. The normalized spacial score (nSPS) is 9.31. The lowest BCUT2D eigenvalue weighted by molar-refractivity contribution is 1.07. The van der Waals surface area contributed by atoms with Gasteiger partial charge in [0, 0.05) is 12.2 Å². The molecule has 68 valence electrons. The SMILES string of the molecule is Cc1cccc(C)c1NCCC#N. The number of hydrogen-bond acceptors (Lipinski definition) is 2. The fourth-order valence-electron chi connectivity index (χ4n) is 1.34. The van der Waals surface area contributed by atoms with Crippen LogP contribution in [0.2, 0.25) is 0 Å². The van der Waals surface area contributed by atoms with Crippen molar-refractivity contribution in [2.75, 3.05) is 11.9 Å². The number of nitrogens with one attached hydrogen (secondary N) is 1. The van der Waals surface area contributed by atoms with Crippen molar-refractivity contribution in [2.24, 2.45) is 0 Å². The van der Waals surface area contributed by atoms with Crippen LogP contribution in [-0.4, -0.2) is 6.54 Å². The van der Waals surface area contributed by atoms with Gasteiger partial charge in [0.15, 0.2) is 0 Å². The summed E-state index contributed by atoms with van der Waals surface area (Å²) in [6.07, 6.45) is 0.549. The molecular formula is C11H14N2. The standard InChI is InChI=1S/C11H14N2/c1-9-5-3-6-10(2)11(9)13-8-4-7-12/h3,5-6,13H,4,8H2,1-2H3. The van der Waals surface area contributed by atoms with Gasteiger partial charge in [-0.2, -0.15) is 5.26 Å². The van der Waals surface area contributed by atoms with Gasteiger partial charge in [-0.25, -0.2) is 0 Å². The van der Waals surface area contributed by atoms with E-state index in [-0.39, 0.29) is 0 Å². The van der Waals surface area contributed by atoms with Gasteiger partial charge in [-0.1, -0.05) is 18.2 Å². The molecule has 13 heavy (non-hydrogen) atoms. The highest BCUT2D eigenvalue weighted by molar-refractivity contribution is 5.56. The maximum Gasteiger partial charge on any atom is 0.0640 e. The minimum absolute atomic E-state index is 0.549. The fraction of sp³-hybridized carbons (Fsp3) is 0.364. The van der Waals surface area contributed by atoms with Crippen LogP contribution in [0.15, 0.2) is 18.2 Å². The second-order valence-electron chi connectivity index (χ2n) is 3.10. The molecule has 1 aromatic carbocycles. The van der Waals surface area contributed by atoms with Crippen LogP contribution >= 0.6 is 0 Å². The van der Waals surface area contributed by atoms with Crippen LogP contribution in [0.5, 0.6) is 0 Å². The summed E-state index contributed by atoms with van der Waals surface area (Å²) < 4.78 is 0. The van der Waals surface area contributed by atoms with Crippen molar-refractivity contribution in [3.8, 4) is 6.07 Å². The van der Waals surface area contributed by atoms with Gasteiger partial charge in [0.1, 0.15) is 0 Å². The molecule has 1 N–H and O–H groups in total. The maximum atomic E-state index is 8.39. The summed E-state index contributed by atoms with van der Waals surface area (Å²) in [7, 11) is 0. The summed E-state index contributed by atoms with van der Waals surface area (Å²) in [6, 6.07) is 8.30. The average molecular weight is 174 g/mol. The first-order valence-electron chi connectivity index (χ1n) is 4.42. The van der Waals surface area contributed by atoms with Crippen LogP contribution in [-0.2, 0) is 0 Å². The average Bonchev–Trinajstić information content (AvgIpc) is 2.10. The van der Waals surface area contributed by atoms with Gasteiger partial charge in [0.05, 0.1) is 12.5 Å². The summed E-state index contributed by atoms with van der Waals surface area (Å²) in [5, 5.41) is 11.7. The zero-order valence-corrected chi connectivity index (χ0v) is 8.09. The highest BCUT2D eigenvalue weighted by atomic mass is 14.9. The van der Waals surface area contributed by atoms with Gasteiger partial charge in [-0.3, -0.25) is 0 Å². The van der Waals surface area contributed by atoms with Gasteiger partial charge in [-0.05, 0) is 25.0 Å². The van der Waals surface area contributed by atoms with Crippen molar-refractivity contribution in [1.82, 2.24) is 0 Å². The molecule has 1 aromatic rings. The Hall–Kier alpha value is -1.49. The topological polar surface area (TPSA) is 35.8 Å². The Balaban J connectivity index is 2.71. The second kappa shape index (κ2) is 4.51. The Bertz CT molecular complexity index is 303. The molecule has 0 radical (unpaired) electrons. The van der Waals surface area contributed by atoms with Gasteiger partial charge >= 0.3 is 0 Å². The first-order chi connectivity index (χ1) is 6.25. The molecular weight excluding hydrogens is 160 g/mol. The minimum atomic E-state index is 0.549. The molecule has 0 spiro atoms. The second-order valence-corrected chi connectivity index (χ2v) is 3.10. The summed E-state index contributed by atoms with van der Waals surface area (Å²) in [5.74, 6) is 0. The van der Waals surface area contributed by atoms with Crippen LogP contribution < -0.4 is 5.32 Å². The molecule has 0 aliphatic heterocycles. The van der Waals surface area contributed by atoms with Gasteiger partial charge in [-0.15, -0.1) is 0 Å². The molecule has 0 atom stereocenters. The lowest BCUT2D eigenvalue weighted by Gasteiger charge is -2.10. The maximum absolute atomic E-state index is 8.39. The predicted molar refractivity (Wildman–Crippen MR) is 54.6 cm³/mol. The highest BCUT2D eigenvalue weighted by Gasteiger charge is 1.99. The number of hydrogen-bond donors (Lipinski definition) is 1. The zero-order valence-electron chi connectivity index (χ0n) is 8.09. The van der Waals surface area contributed by atoms with Gasteiger partial charge < -0.3 is 5.32 Å². The summed E-state index contributed by atoms with van der Waals surface area (Å²) >= 11 is 0. The molecule has 0 saturated carbocycles. The number of nitriles is 1. The molecule has 0 aromatic heterocycles. The predicted octanol–water partition coefficient (Wildman–Crippen LogP) is 2.63. The minimum Gasteiger partial charge on any atom is -0.384 e. The first-order valence-corrected chi connectivity index (χ1v) is 4.42. The van der Waals surface area contributed by atoms with Crippen molar-refractivity contribution >= 4 is 5.69 Å². The fourth-order valence-corrected chi connectivity index (χ4v) is 1.34. The van der Waals surface area contributed by atoms with E-state index in [1.165, 1.54) is 11.1 Å². The third kappa shape index (κ3) is 2.48. The molecule has 0 heterocycles. The monoisotopic (exact) mass is 174 g/mol. The quantitative estimate of drug-likeness (QED) is 0.715. The lowest BCUT2D eigenvalue weighted by Crippen LogP contribution is -2.03. The first kappa shape index (κ1) is 9.60. The van der Waals surface area contributed by atoms with Crippen LogP contribution in [0, 0.1) is 25.2 Å². The Morgan fingerprint density at radius 3 is 2.46 bits per heavy atom. The van der Waals surface area contributed by atoms with Gasteiger partial charge in [0.25, 0.3) is 0 Å². The van der Waals surface area contributed by atoms with E-state index in [4.69, 9.17) is 5.26 Å². The largest absolute Gasteiger partial charge is 0.384 e. The van der Waals surface area contributed by atoms with E-state index in [0.717, 1.165) is 12.2 Å². The summed E-state index contributed by atoms with van der Waals surface area (Å²) in [6.45, 7) is 4.87. The molecule has 0 aliphatic carbocycles. The number of anilines is 1. The zero-order chi connectivity index (χ0) is 9.68. The van der Waals surface area contributed by atoms with Crippen molar-refractivity contribution in [2.45, 2.75) is 20.3 Å². The molecule has 2 nitrogen and oxygen atoms in total. The van der Waals surface area contributed by atoms with E-state index < -0.39 is 0 Å². The number of para-hydroxylation sites is 1. The number of nitrogens with zero attached hydrogens (tertiary/aromatic N) is 1. The van der Waals surface area contributed by atoms with Crippen LogP contribution in [0.4, 0.5) is 5.69 Å².